The largest absolute Gasteiger partial charge is 0.466 e. The third-order valence-corrected chi connectivity index (χ3v) is 5.51. The van der Waals surface area contributed by atoms with Crippen molar-refractivity contribution < 1.29 is 14.6 Å². The zero-order chi connectivity index (χ0) is 16.3. The number of carbonyl (C=O) groups excluding carboxylic acids is 1. The van der Waals surface area contributed by atoms with Crippen molar-refractivity contribution in [2.45, 2.75) is 64.5 Å². The molecule has 4 nitrogen and oxygen atoms in total. The SMILES string of the molecule is C=C(C)[C@H]1CC[C@@](C)(O)[C@H](N2CCC(C(=O)OCC)CC2)C1. The molecule has 0 aromatic heterocycles. The Balaban J connectivity index is 1.96. The molecule has 0 aromatic rings. The number of rotatable bonds is 4. The molecule has 0 bridgehead atoms. The smallest absolute Gasteiger partial charge is 0.309 e. The molecule has 3 atom stereocenters. The summed E-state index contributed by atoms with van der Waals surface area (Å²) in [4.78, 5) is 14.2. The number of likely N-dealkylation sites (tertiary alicyclic amines) is 1. The second-order valence-corrected chi connectivity index (χ2v) is 7.25. The third kappa shape index (κ3) is 3.90. The molecule has 1 aliphatic carbocycles. The highest BCUT2D eigenvalue weighted by atomic mass is 16.5. The van der Waals surface area contributed by atoms with Crippen molar-refractivity contribution >= 4 is 5.97 Å². The molecule has 0 amide bonds. The summed E-state index contributed by atoms with van der Waals surface area (Å²) in [7, 11) is 0. The Hall–Kier alpha value is -0.870. The van der Waals surface area contributed by atoms with Crippen LogP contribution in [0.5, 0.6) is 0 Å². The predicted molar refractivity (Wildman–Crippen MR) is 87.5 cm³/mol. The molecule has 2 rings (SSSR count). The van der Waals surface area contributed by atoms with Gasteiger partial charge in [0, 0.05) is 6.04 Å². The van der Waals surface area contributed by atoms with Crippen LogP contribution >= 0.6 is 0 Å². The van der Waals surface area contributed by atoms with E-state index in [1.807, 2.05) is 13.8 Å². The van der Waals surface area contributed by atoms with Crippen LogP contribution in [0.1, 0.15) is 52.9 Å². The van der Waals surface area contributed by atoms with Crippen molar-refractivity contribution in [3.63, 3.8) is 0 Å². The average Bonchev–Trinajstić information content (AvgIpc) is 2.47. The van der Waals surface area contributed by atoms with Gasteiger partial charge in [0.2, 0.25) is 0 Å². The van der Waals surface area contributed by atoms with E-state index < -0.39 is 5.60 Å². The Labute approximate surface area is 134 Å². The van der Waals surface area contributed by atoms with Gasteiger partial charge in [-0.15, -0.1) is 0 Å². The highest BCUT2D eigenvalue weighted by Crippen LogP contribution is 2.39. The van der Waals surface area contributed by atoms with E-state index in [1.165, 1.54) is 5.57 Å². The second kappa shape index (κ2) is 7.14. The first-order valence-corrected chi connectivity index (χ1v) is 8.63. The molecule has 0 aromatic carbocycles. The van der Waals surface area contributed by atoms with Crippen LogP contribution in [0.2, 0.25) is 0 Å². The van der Waals surface area contributed by atoms with Gasteiger partial charge in [0.05, 0.1) is 18.1 Å². The van der Waals surface area contributed by atoms with E-state index in [0.29, 0.717) is 12.5 Å². The van der Waals surface area contributed by atoms with Gasteiger partial charge in [-0.2, -0.15) is 0 Å². The summed E-state index contributed by atoms with van der Waals surface area (Å²) in [6.45, 7) is 12.2. The van der Waals surface area contributed by atoms with Crippen molar-refractivity contribution in [1.82, 2.24) is 4.90 Å². The first kappa shape index (κ1) is 17.5. The van der Waals surface area contributed by atoms with E-state index in [0.717, 1.165) is 45.2 Å². The van der Waals surface area contributed by atoms with Crippen LogP contribution in [0.3, 0.4) is 0 Å². The van der Waals surface area contributed by atoms with Gasteiger partial charge in [-0.25, -0.2) is 0 Å². The maximum Gasteiger partial charge on any atom is 0.309 e. The lowest BCUT2D eigenvalue weighted by atomic mass is 9.72. The standard InChI is InChI=1S/C18H31NO3/c1-5-22-17(20)14-7-10-19(11-8-14)16-12-15(13(2)3)6-9-18(16,4)21/h14-16,21H,2,5-12H2,1,3-4H3/t15-,16+,18+/m0/s1. The van der Waals surface area contributed by atoms with E-state index in [1.54, 1.807) is 0 Å². The summed E-state index contributed by atoms with van der Waals surface area (Å²) in [5, 5.41) is 10.8. The Morgan fingerprint density at radius 3 is 2.50 bits per heavy atom. The number of piperidine rings is 1. The number of esters is 1. The van der Waals surface area contributed by atoms with Gasteiger partial charge >= 0.3 is 5.97 Å². The van der Waals surface area contributed by atoms with Crippen molar-refractivity contribution in [3.8, 4) is 0 Å². The monoisotopic (exact) mass is 309 g/mol. The molecule has 4 heteroatoms. The minimum absolute atomic E-state index is 0.0293. The molecule has 0 unspecified atom stereocenters. The molecule has 1 N–H and O–H groups in total. The fourth-order valence-electron chi connectivity index (χ4n) is 3.97. The van der Waals surface area contributed by atoms with Gasteiger partial charge in [-0.3, -0.25) is 9.69 Å². The van der Waals surface area contributed by atoms with Gasteiger partial charge in [0.1, 0.15) is 0 Å². The van der Waals surface area contributed by atoms with Crippen LogP contribution in [0.4, 0.5) is 0 Å². The minimum atomic E-state index is -0.636. The first-order chi connectivity index (χ1) is 10.3. The number of nitrogens with zero attached hydrogens (tertiary/aromatic N) is 1. The number of aliphatic hydroxyl groups is 1. The molecule has 2 fully saturated rings. The van der Waals surface area contributed by atoms with Crippen molar-refractivity contribution in [2.75, 3.05) is 19.7 Å². The lowest BCUT2D eigenvalue weighted by Gasteiger charge is -2.48. The summed E-state index contributed by atoms with van der Waals surface area (Å²) in [6, 6.07) is 0.172. The summed E-state index contributed by atoms with van der Waals surface area (Å²) < 4.78 is 5.13. The van der Waals surface area contributed by atoms with Crippen LogP contribution in [0.15, 0.2) is 12.2 Å². The van der Waals surface area contributed by atoms with E-state index in [9.17, 15) is 9.90 Å². The summed E-state index contributed by atoms with van der Waals surface area (Å²) in [5.41, 5.74) is 0.588. The van der Waals surface area contributed by atoms with Crippen LogP contribution in [-0.2, 0) is 9.53 Å². The fourth-order valence-corrected chi connectivity index (χ4v) is 3.97. The van der Waals surface area contributed by atoms with E-state index in [4.69, 9.17) is 4.74 Å². The molecule has 2 aliphatic rings. The molecule has 1 saturated heterocycles. The molecule has 126 valence electrons. The van der Waals surface area contributed by atoms with Gasteiger partial charge in [-0.05, 0) is 71.9 Å². The van der Waals surface area contributed by atoms with Crippen molar-refractivity contribution in [1.29, 1.82) is 0 Å². The minimum Gasteiger partial charge on any atom is -0.466 e. The van der Waals surface area contributed by atoms with E-state index >= 15 is 0 Å². The molecular weight excluding hydrogens is 278 g/mol. The number of allylic oxidation sites excluding steroid dienone is 1. The maximum absolute atomic E-state index is 11.8. The number of ether oxygens (including phenoxy) is 1. The van der Waals surface area contributed by atoms with Crippen LogP contribution < -0.4 is 0 Å². The zero-order valence-corrected chi connectivity index (χ0v) is 14.3. The Kier molecular flexibility index (Phi) is 5.67. The number of carbonyl (C=O) groups is 1. The van der Waals surface area contributed by atoms with Crippen LogP contribution in [0.25, 0.3) is 0 Å². The zero-order valence-electron chi connectivity index (χ0n) is 14.3. The molecule has 0 radical (unpaired) electrons. The quantitative estimate of drug-likeness (QED) is 0.641. The fraction of sp³-hybridized carbons (Fsp3) is 0.833. The maximum atomic E-state index is 11.8. The molecule has 0 spiro atoms. The van der Waals surface area contributed by atoms with Crippen molar-refractivity contribution in [2.24, 2.45) is 11.8 Å². The van der Waals surface area contributed by atoms with Gasteiger partial charge in [-0.1, -0.05) is 12.2 Å². The van der Waals surface area contributed by atoms with Crippen LogP contribution in [-0.4, -0.2) is 47.3 Å². The summed E-state index contributed by atoms with van der Waals surface area (Å²) in [5.74, 6) is 0.479. The highest BCUT2D eigenvalue weighted by molar-refractivity contribution is 5.72. The van der Waals surface area contributed by atoms with Gasteiger partial charge in [0.25, 0.3) is 0 Å². The first-order valence-electron chi connectivity index (χ1n) is 8.63. The third-order valence-electron chi connectivity index (χ3n) is 5.51. The number of hydrogen-bond donors (Lipinski definition) is 1. The lowest BCUT2D eigenvalue weighted by Crippen LogP contribution is -2.56. The predicted octanol–water partition coefficient (Wildman–Crippen LogP) is 2.76. The number of hydrogen-bond acceptors (Lipinski definition) is 4. The van der Waals surface area contributed by atoms with E-state index in [-0.39, 0.29) is 17.9 Å². The topological polar surface area (TPSA) is 49.8 Å². The van der Waals surface area contributed by atoms with E-state index in [2.05, 4.69) is 18.4 Å². The Bertz CT molecular complexity index is 411. The molecule has 1 saturated carbocycles. The molecular formula is C18H31NO3. The molecule has 1 aliphatic heterocycles. The summed E-state index contributed by atoms with van der Waals surface area (Å²) >= 11 is 0. The Morgan fingerprint density at radius 2 is 1.95 bits per heavy atom. The van der Waals surface area contributed by atoms with Crippen molar-refractivity contribution in [3.05, 3.63) is 12.2 Å². The second-order valence-electron chi connectivity index (χ2n) is 7.25. The van der Waals surface area contributed by atoms with Crippen LogP contribution in [0, 0.1) is 11.8 Å². The lowest BCUT2D eigenvalue weighted by molar-refractivity contribution is -0.150. The summed E-state index contributed by atoms with van der Waals surface area (Å²) in [6.07, 6.45) is 4.50. The average molecular weight is 309 g/mol. The highest BCUT2D eigenvalue weighted by Gasteiger charge is 2.43. The molecule has 22 heavy (non-hydrogen) atoms. The van der Waals surface area contributed by atoms with Gasteiger partial charge < -0.3 is 9.84 Å². The normalized spacial score (nSPS) is 34.4. The molecule has 1 heterocycles. The van der Waals surface area contributed by atoms with Gasteiger partial charge in [0.15, 0.2) is 0 Å². The Morgan fingerprint density at radius 1 is 1.32 bits per heavy atom.